The summed E-state index contributed by atoms with van der Waals surface area (Å²) in [6, 6.07) is 13.0. The predicted octanol–water partition coefficient (Wildman–Crippen LogP) is 2.11. The van der Waals surface area contributed by atoms with Crippen LogP contribution in [0.15, 0.2) is 48.5 Å². The summed E-state index contributed by atoms with van der Waals surface area (Å²) in [5.74, 6) is -0.703. The predicted molar refractivity (Wildman–Crippen MR) is 86.7 cm³/mol. The van der Waals surface area contributed by atoms with Crippen molar-refractivity contribution < 1.29 is 23.9 Å². The summed E-state index contributed by atoms with van der Waals surface area (Å²) in [4.78, 5) is 33.8. The Hall–Kier alpha value is -3.15. The third-order valence-corrected chi connectivity index (χ3v) is 3.23. The number of amides is 1. The minimum atomic E-state index is -0.841. The number of carbonyl (C=O) groups excluding carboxylic acids is 3. The number of hydrogen-bond donors (Lipinski definition) is 1. The van der Waals surface area contributed by atoms with Crippen LogP contribution >= 0.6 is 0 Å². The van der Waals surface area contributed by atoms with Crippen molar-refractivity contribution in [2.45, 2.75) is 19.6 Å². The minimum absolute atomic E-state index is 0.00201. The molecule has 0 spiro atoms. The highest BCUT2D eigenvalue weighted by molar-refractivity contribution is 5.92. The molecule has 1 atom stereocenters. The van der Waals surface area contributed by atoms with E-state index < -0.39 is 18.0 Å². The lowest BCUT2D eigenvalue weighted by Crippen LogP contribution is -2.26. The maximum atomic E-state index is 12.0. The van der Waals surface area contributed by atoms with Gasteiger partial charge in [-0.15, -0.1) is 0 Å². The standard InChI is InChI=1S/C18H17NO5/c1-12(24-16-7-3-4-13(9-16)10-20)18(22)23-11-14-5-2-6-15(8-14)17(19)21/h2-10,12H,11H2,1H3,(H2,19,21). The molecule has 0 heterocycles. The van der Waals surface area contributed by atoms with Gasteiger partial charge in [-0.05, 0) is 36.8 Å². The Morgan fingerprint density at radius 1 is 1.17 bits per heavy atom. The second-order valence-corrected chi connectivity index (χ2v) is 5.12. The van der Waals surface area contributed by atoms with Crippen LogP contribution in [0.25, 0.3) is 0 Å². The quantitative estimate of drug-likeness (QED) is 0.620. The molecule has 1 unspecified atom stereocenters. The maximum absolute atomic E-state index is 12.0. The van der Waals surface area contributed by atoms with E-state index in [9.17, 15) is 14.4 Å². The normalized spacial score (nSPS) is 11.4. The number of benzene rings is 2. The molecule has 0 aliphatic rings. The summed E-state index contributed by atoms with van der Waals surface area (Å²) in [6.45, 7) is 1.55. The van der Waals surface area contributed by atoms with Gasteiger partial charge < -0.3 is 15.2 Å². The highest BCUT2D eigenvalue weighted by Gasteiger charge is 2.17. The zero-order chi connectivity index (χ0) is 17.5. The van der Waals surface area contributed by atoms with Crippen LogP contribution < -0.4 is 10.5 Å². The van der Waals surface area contributed by atoms with Crippen LogP contribution in [0.2, 0.25) is 0 Å². The monoisotopic (exact) mass is 327 g/mol. The van der Waals surface area contributed by atoms with Gasteiger partial charge in [0.2, 0.25) is 5.91 Å². The van der Waals surface area contributed by atoms with Crippen LogP contribution in [0.4, 0.5) is 0 Å². The topological polar surface area (TPSA) is 95.7 Å². The van der Waals surface area contributed by atoms with E-state index >= 15 is 0 Å². The fraction of sp³-hybridized carbons (Fsp3) is 0.167. The zero-order valence-electron chi connectivity index (χ0n) is 13.1. The van der Waals surface area contributed by atoms with E-state index in [1.807, 2.05) is 0 Å². The summed E-state index contributed by atoms with van der Waals surface area (Å²) < 4.78 is 10.6. The molecule has 0 fully saturated rings. The Morgan fingerprint density at radius 2 is 1.92 bits per heavy atom. The molecule has 0 bridgehead atoms. The van der Waals surface area contributed by atoms with E-state index in [1.165, 1.54) is 6.07 Å². The summed E-state index contributed by atoms with van der Waals surface area (Å²) in [6.07, 6.45) is -0.145. The Labute approximate surface area is 139 Å². The fourth-order valence-electron chi connectivity index (χ4n) is 2.00. The number of carbonyl (C=O) groups is 3. The van der Waals surface area contributed by atoms with Gasteiger partial charge in [0.05, 0.1) is 0 Å². The molecule has 6 heteroatoms. The van der Waals surface area contributed by atoms with Crippen LogP contribution in [-0.4, -0.2) is 24.3 Å². The van der Waals surface area contributed by atoms with Crippen molar-refractivity contribution >= 4 is 18.2 Å². The average Bonchev–Trinajstić information content (AvgIpc) is 2.60. The van der Waals surface area contributed by atoms with Crippen molar-refractivity contribution in [1.29, 1.82) is 0 Å². The number of hydrogen-bond acceptors (Lipinski definition) is 5. The lowest BCUT2D eigenvalue weighted by Gasteiger charge is -2.14. The molecule has 2 N–H and O–H groups in total. The molecule has 0 aliphatic heterocycles. The second kappa shape index (κ2) is 7.92. The number of nitrogens with two attached hydrogens (primary N) is 1. The Bertz CT molecular complexity index is 757. The third-order valence-electron chi connectivity index (χ3n) is 3.23. The summed E-state index contributed by atoms with van der Waals surface area (Å²) in [5, 5.41) is 0. The fourth-order valence-corrected chi connectivity index (χ4v) is 2.00. The third kappa shape index (κ3) is 4.67. The van der Waals surface area contributed by atoms with E-state index in [-0.39, 0.29) is 6.61 Å². The van der Waals surface area contributed by atoms with Gasteiger partial charge in [0, 0.05) is 11.1 Å². The van der Waals surface area contributed by atoms with Gasteiger partial charge in [-0.2, -0.15) is 0 Å². The molecule has 0 aliphatic carbocycles. The highest BCUT2D eigenvalue weighted by atomic mass is 16.6. The van der Waals surface area contributed by atoms with Crippen LogP contribution in [0, 0.1) is 0 Å². The minimum Gasteiger partial charge on any atom is -0.479 e. The number of esters is 1. The molecule has 0 saturated carbocycles. The Kier molecular flexibility index (Phi) is 5.68. The molecule has 0 radical (unpaired) electrons. The summed E-state index contributed by atoms with van der Waals surface area (Å²) in [7, 11) is 0. The van der Waals surface area contributed by atoms with Crippen LogP contribution in [0.3, 0.4) is 0 Å². The van der Waals surface area contributed by atoms with Crippen LogP contribution in [0.1, 0.15) is 33.2 Å². The molecule has 0 saturated heterocycles. The van der Waals surface area contributed by atoms with Gasteiger partial charge >= 0.3 is 5.97 Å². The zero-order valence-corrected chi connectivity index (χ0v) is 13.1. The van der Waals surface area contributed by atoms with E-state index in [4.69, 9.17) is 15.2 Å². The van der Waals surface area contributed by atoms with Crippen LogP contribution in [0.5, 0.6) is 5.75 Å². The van der Waals surface area contributed by atoms with E-state index in [0.717, 1.165) is 0 Å². The van der Waals surface area contributed by atoms with Crippen molar-refractivity contribution in [2.24, 2.45) is 5.73 Å². The van der Waals surface area contributed by atoms with E-state index in [2.05, 4.69) is 0 Å². The van der Waals surface area contributed by atoms with Gasteiger partial charge in [-0.25, -0.2) is 4.79 Å². The van der Waals surface area contributed by atoms with Crippen molar-refractivity contribution in [1.82, 2.24) is 0 Å². The summed E-state index contributed by atoms with van der Waals surface area (Å²) >= 11 is 0. The van der Waals surface area contributed by atoms with Gasteiger partial charge in [-0.3, -0.25) is 9.59 Å². The smallest absolute Gasteiger partial charge is 0.347 e. The lowest BCUT2D eigenvalue weighted by atomic mass is 10.1. The van der Waals surface area contributed by atoms with Gasteiger partial charge in [0.25, 0.3) is 0 Å². The maximum Gasteiger partial charge on any atom is 0.347 e. The molecule has 6 nitrogen and oxygen atoms in total. The molecule has 2 aromatic carbocycles. The number of aldehydes is 1. The van der Waals surface area contributed by atoms with Gasteiger partial charge in [0.1, 0.15) is 18.6 Å². The van der Waals surface area contributed by atoms with Gasteiger partial charge in [0.15, 0.2) is 6.10 Å². The molecule has 1 amide bonds. The molecule has 0 aromatic heterocycles. The van der Waals surface area contributed by atoms with Crippen molar-refractivity contribution in [3.8, 4) is 5.75 Å². The first-order valence-corrected chi connectivity index (χ1v) is 7.27. The number of primary amides is 1. The highest BCUT2D eigenvalue weighted by Crippen LogP contribution is 2.15. The molecule has 124 valence electrons. The van der Waals surface area contributed by atoms with Gasteiger partial charge in [-0.1, -0.05) is 24.3 Å². The molecule has 2 aromatic rings. The van der Waals surface area contributed by atoms with E-state index in [0.29, 0.717) is 28.7 Å². The summed E-state index contributed by atoms with van der Waals surface area (Å²) in [5.41, 5.74) is 6.65. The molecule has 2 rings (SSSR count). The van der Waals surface area contributed by atoms with Crippen molar-refractivity contribution in [3.05, 3.63) is 65.2 Å². The van der Waals surface area contributed by atoms with Crippen molar-refractivity contribution in [2.75, 3.05) is 0 Å². The Morgan fingerprint density at radius 3 is 2.62 bits per heavy atom. The first-order chi connectivity index (χ1) is 11.5. The van der Waals surface area contributed by atoms with E-state index in [1.54, 1.807) is 49.4 Å². The van der Waals surface area contributed by atoms with Crippen molar-refractivity contribution in [3.63, 3.8) is 0 Å². The number of rotatable bonds is 7. The van der Waals surface area contributed by atoms with Crippen LogP contribution in [-0.2, 0) is 16.1 Å². The SMILES string of the molecule is CC(Oc1cccc(C=O)c1)C(=O)OCc1cccc(C(N)=O)c1. The Balaban J connectivity index is 1.93. The molecule has 24 heavy (non-hydrogen) atoms. The lowest BCUT2D eigenvalue weighted by molar-refractivity contribution is -0.152. The average molecular weight is 327 g/mol. The first-order valence-electron chi connectivity index (χ1n) is 7.27. The molecular formula is C18H17NO5. The second-order valence-electron chi connectivity index (χ2n) is 5.12. The number of ether oxygens (including phenoxy) is 2. The first kappa shape index (κ1) is 17.2. The molecular weight excluding hydrogens is 310 g/mol. The largest absolute Gasteiger partial charge is 0.479 e.